The molecule has 1 N–H and O–H groups in total. The van der Waals surface area contributed by atoms with Crippen LogP contribution in [0.2, 0.25) is 0 Å². The molecule has 10 heteroatoms. The summed E-state index contributed by atoms with van der Waals surface area (Å²) < 4.78 is 13.3. The molecule has 37 heavy (non-hydrogen) atoms. The van der Waals surface area contributed by atoms with Gasteiger partial charge in [-0.2, -0.15) is 0 Å². The van der Waals surface area contributed by atoms with Crippen molar-refractivity contribution in [3.63, 3.8) is 0 Å². The zero-order valence-corrected chi connectivity index (χ0v) is 21.4. The quantitative estimate of drug-likeness (QED) is 0.629. The summed E-state index contributed by atoms with van der Waals surface area (Å²) in [6.07, 6.45) is 3.29. The van der Waals surface area contributed by atoms with Gasteiger partial charge in [0.2, 0.25) is 11.8 Å². The number of hydrogen-bond donors (Lipinski definition) is 1. The Bertz CT molecular complexity index is 1170. The molecule has 0 saturated carbocycles. The fraction of sp³-hybridized carbons (Fsp3) is 0.370. The molecular formula is C27H30FN5O3S. The van der Waals surface area contributed by atoms with E-state index in [2.05, 4.69) is 16.8 Å². The molecule has 2 aromatic rings. The van der Waals surface area contributed by atoms with E-state index < -0.39 is 12.2 Å². The lowest BCUT2D eigenvalue weighted by Gasteiger charge is -2.54. The van der Waals surface area contributed by atoms with Gasteiger partial charge in [-0.05, 0) is 41.5 Å². The Balaban J connectivity index is 1.41. The number of hydrogen-bond acceptors (Lipinski definition) is 5. The zero-order chi connectivity index (χ0) is 25.9. The molecule has 194 valence electrons. The first-order valence-corrected chi connectivity index (χ1v) is 13.3. The number of amides is 4. The van der Waals surface area contributed by atoms with Crippen LogP contribution in [-0.4, -0.2) is 75.8 Å². The Morgan fingerprint density at radius 1 is 1.11 bits per heavy atom. The molecule has 3 aliphatic rings. The lowest BCUT2D eigenvalue weighted by Crippen LogP contribution is -2.73. The third-order valence-corrected chi connectivity index (χ3v) is 8.16. The lowest BCUT2D eigenvalue weighted by molar-refractivity contribution is -0.187. The molecule has 0 aromatic heterocycles. The maximum absolute atomic E-state index is 13.8. The fourth-order valence-corrected chi connectivity index (χ4v) is 6.04. The van der Waals surface area contributed by atoms with Gasteiger partial charge in [0, 0.05) is 25.4 Å². The van der Waals surface area contributed by atoms with Crippen molar-refractivity contribution in [2.45, 2.75) is 36.8 Å². The van der Waals surface area contributed by atoms with Crippen LogP contribution in [0.4, 0.5) is 9.18 Å². The second kappa shape index (κ2) is 10.9. The summed E-state index contributed by atoms with van der Waals surface area (Å²) in [6.45, 7) is 0.962. The number of likely N-dealkylation sites (N-methyl/N-ethyl adjacent to an activating group) is 1. The van der Waals surface area contributed by atoms with Crippen LogP contribution in [-0.2, 0) is 16.1 Å². The highest BCUT2D eigenvalue weighted by atomic mass is 32.2. The van der Waals surface area contributed by atoms with E-state index in [0.29, 0.717) is 11.8 Å². The Kier molecular flexibility index (Phi) is 7.48. The van der Waals surface area contributed by atoms with Gasteiger partial charge >= 0.3 is 6.03 Å². The van der Waals surface area contributed by atoms with Crippen molar-refractivity contribution in [1.82, 2.24) is 25.1 Å². The first-order chi connectivity index (χ1) is 17.9. The number of carbonyl (C=O) groups is 3. The van der Waals surface area contributed by atoms with Crippen molar-refractivity contribution < 1.29 is 18.8 Å². The molecular weight excluding hydrogens is 493 g/mol. The van der Waals surface area contributed by atoms with Gasteiger partial charge < -0.3 is 15.1 Å². The van der Waals surface area contributed by atoms with Crippen molar-refractivity contribution in [3.05, 3.63) is 83.0 Å². The second-order valence-corrected chi connectivity index (χ2v) is 10.7. The summed E-state index contributed by atoms with van der Waals surface area (Å²) in [6, 6.07) is 14.0. The second-order valence-electron chi connectivity index (χ2n) is 9.48. The molecule has 5 rings (SSSR count). The van der Waals surface area contributed by atoms with E-state index in [1.54, 1.807) is 45.8 Å². The molecule has 2 fully saturated rings. The van der Waals surface area contributed by atoms with Gasteiger partial charge in [-0.25, -0.2) is 19.2 Å². The van der Waals surface area contributed by atoms with Crippen LogP contribution in [0.25, 0.3) is 0 Å². The molecule has 3 atom stereocenters. The van der Waals surface area contributed by atoms with Gasteiger partial charge in [0.1, 0.15) is 18.0 Å². The van der Waals surface area contributed by atoms with Crippen LogP contribution in [0, 0.1) is 5.82 Å². The number of fused-ring (bicyclic) bond motifs is 1. The minimum absolute atomic E-state index is 0.0263. The van der Waals surface area contributed by atoms with Crippen molar-refractivity contribution in [1.29, 1.82) is 0 Å². The number of hydrazine groups is 1. The number of urea groups is 1. The van der Waals surface area contributed by atoms with Crippen LogP contribution < -0.4 is 5.32 Å². The molecule has 4 amide bonds. The number of nitrogens with one attached hydrogen (secondary N) is 1. The predicted octanol–water partition coefficient (Wildman–Crippen LogP) is 3.35. The van der Waals surface area contributed by atoms with Crippen molar-refractivity contribution >= 4 is 29.6 Å². The molecule has 0 spiro atoms. The summed E-state index contributed by atoms with van der Waals surface area (Å²) in [5, 5.41) is 8.55. The number of halogens is 1. The third-order valence-electron chi connectivity index (χ3n) is 7.00. The summed E-state index contributed by atoms with van der Waals surface area (Å²) in [5.41, 5.74) is 1.48. The third kappa shape index (κ3) is 5.35. The Morgan fingerprint density at radius 2 is 1.86 bits per heavy atom. The standard InChI is InChI=1S/C27H30FN5O3S/c1-30-18-24(34)32-23(33(30)27(36)29-16-19-9-11-21(28)12-10-19)17-31(14-13-22-8-5-15-37-22)26(35)25(32)20-6-3-2-4-7-20/h2-7,9-12,15,22-23,25H,8,13-14,16-18H2,1H3,(H,29,36)/t22?,23-,25-/m0/s1. The SMILES string of the molecule is CN1CC(=O)N2[C@@H](c3ccccc3)C(=O)N(CCC3CC=CS3)C[C@@H]2N1C(=O)NCc1ccc(F)cc1. The Hall–Kier alpha value is -3.37. The number of carbonyl (C=O) groups excluding carboxylic acids is 3. The minimum Gasteiger partial charge on any atom is -0.337 e. The predicted molar refractivity (Wildman–Crippen MR) is 139 cm³/mol. The summed E-state index contributed by atoms with van der Waals surface area (Å²) in [5.74, 6) is -0.666. The van der Waals surface area contributed by atoms with E-state index in [0.717, 1.165) is 24.0 Å². The van der Waals surface area contributed by atoms with E-state index in [1.807, 2.05) is 30.3 Å². The van der Waals surface area contributed by atoms with Crippen LogP contribution in [0.1, 0.15) is 30.0 Å². The molecule has 3 aliphatic heterocycles. The molecule has 0 radical (unpaired) electrons. The van der Waals surface area contributed by atoms with Crippen molar-refractivity contribution in [2.24, 2.45) is 0 Å². The number of allylic oxidation sites excluding steroid dienone is 1. The maximum Gasteiger partial charge on any atom is 0.334 e. The fourth-order valence-electron chi connectivity index (χ4n) is 5.13. The number of rotatable bonds is 6. The van der Waals surface area contributed by atoms with Gasteiger partial charge in [0.15, 0.2) is 0 Å². The highest BCUT2D eigenvalue weighted by Gasteiger charge is 2.51. The van der Waals surface area contributed by atoms with E-state index in [9.17, 15) is 18.8 Å². The maximum atomic E-state index is 13.8. The Morgan fingerprint density at radius 3 is 2.57 bits per heavy atom. The monoisotopic (exact) mass is 523 g/mol. The van der Waals surface area contributed by atoms with E-state index in [1.165, 1.54) is 17.1 Å². The molecule has 3 heterocycles. The minimum atomic E-state index is -0.803. The van der Waals surface area contributed by atoms with E-state index in [4.69, 9.17) is 0 Å². The summed E-state index contributed by atoms with van der Waals surface area (Å²) in [4.78, 5) is 43.9. The first-order valence-electron chi connectivity index (χ1n) is 12.4. The smallest absolute Gasteiger partial charge is 0.334 e. The van der Waals surface area contributed by atoms with Crippen molar-refractivity contribution in [2.75, 3.05) is 26.7 Å². The average Bonchev–Trinajstić information content (AvgIpc) is 3.42. The number of benzene rings is 2. The molecule has 2 saturated heterocycles. The topological polar surface area (TPSA) is 76.2 Å². The molecule has 0 bridgehead atoms. The normalized spacial score (nSPS) is 23.9. The van der Waals surface area contributed by atoms with Crippen LogP contribution in [0.3, 0.4) is 0 Å². The zero-order valence-electron chi connectivity index (χ0n) is 20.6. The van der Waals surface area contributed by atoms with Crippen LogP contribution in [0.15, 0.2) is 66.1 Å². The van der Waals surface area contributed by atoms with E-state index >= 15 is 0 Å². The van der Waals surface area contributed by atoms with Gasteiger partial charge in [0.05, 0.1) is 13.1 Å². The summed E-state index contributed by atoms with van der Waals surface area (Å²) in [7, 11) is 1.70. The van der Waals surface area contributed by atoms with Crippen LogP contribution >= 0.6 is 11.8 Å². The van der Waals surface area contributed by atoms with Gasteiger partial charge in [0.25, 0.3) is 0 Å². The van der Waals surface area contributed by atoms with Gasteiger partial charge in [-0.1, -0.05) is 48.5 Å². The highest BCUT2D eigenvalue weighted by molar-refractivity contribution is 8.03. The van der Waals surface area contributed by atoms with Crippen LogP contribution in [0.5, 0.6) is 0 Å². The van der Waals surface area contributed by atoms with Crippen molar-refractivity contribution in [3.8, 4) is 0 Å². The van der Waals surface area contributed by atoms with E-state index in [-0.39, 0.29) is 43.3 Å². The molecule has 8 nitrogen and oxygen atoms in total. The largest absolute Gasteiger partial charge is 0.337 e. The number of thioether (sulfide) groups is 1. The lowest BCUT2D eigenvalue weighted by atomic mass is 9.98. The number of nitrogens with zero attached hydrogens (tertiary/aromatic N) is 4. The average molecular weight is 524 g/mol. The first kappa shape index (κ1) is 25.3. The summed E-state index contributed by atoms with van der Waals surface area (Å²) >= 11 is 1.77. The highest BCUT2D eigenvalue weighted by Crippen LogP contribution is 2.35. The molecule has 0 aliphatic carbocycles. The number of piperazine rings is 1. The molecule has 2 aromatic carbocycles. The van der Waals surface area contributed by atoms with Gasteiger partial charge in [-0.15, -0.1) is 11.8 Å². The Labute approximate surface area is 220 Å². The molecule has 1 unspecified atom stereocenters. The van der Waals surface area contributed by atoms with Gasteiger partial charge in [-0.3, -0.25) is 9.59 Å².